The molecule has 2 aliphatic carbocycles. The Balaban J connectivity index is 1.39. The highest BCUT2D eigenvalue weighted by Crippen LogP contribution is 2.69. The quantitative estimate of drug-likeness (QED) is 0.368. The molecule has 1 aromatic carbocycles. The van der Waals surface area contributed by atoms with Crippen LogP contribution in [0, 0.1) is 34.5 Å². The van der Waals surface area contributed by atoms with Crippen molar-refractivity contribution in [3.05, 3.63) is 42.0 Å². The number of carbonyl (C=O) groups excluding carboxylic acids is 2. The summed E-state index contributed by atoms with van der Waals surface area (Å²) in [5.41, 5.74) is -0.0410. The standard InChI is InChI=1S/C32H42O8/c1-18-26(39-25(34)14-11-20-9-7-6-8-10-20)28-32(4)22(30(35-5)40-28)12-13-23(37-19(2)33)27(32)31(18,3)24-17-21-15-16-36-29(21)38-24/h6-11,14,18,21-24,26-30H,12-13,15-17H2,1-5H3/t18-,21-,22+,23-,24+,26-,27-,28+,29+,30-,31-,32+/m1/s1. The monoisotopic (exact) mass is 554 g/mol. The van der Waals surface area contributed by atoms with E-state index in [4.69, 9.17) is 28.4 Å². The molecule has 218 valence electrons. The number of fused-ring (bicyclic) bond motifs is 1. The molecule has 0 N–H and O–H groups in total. The van der Waals surface area contributed by atoms with Gasteiger partial charge in [0, 0.05) is 54.6 Å². The zero-order chi connectivity index (χ0) is 28.2. The summed E-state index contributed by atoms with van der Waals surface area (Å²) in [6.07, 6.45) is 4.57. The van der Waals surface area contributed by atoms with Gasteiger partial charge in [0.15, 0.2) is 12.6 Å². The lowest BCUT2D eigenvalue weighted by molar-refractivity contribution is -0.268. The number of ether oxygens (including phenoxy) is 6. The molecule has 6 rings (SSSR count). The largest absolute Gasteiger partial charge is 0.462 e. The van der Waals surface area contributed by atoms with Crippen molar-refractivity contribution in [2.45, 2.75) is 90.4 Å². The van der Waals surface area contributed by atoms with Gasteiger partial charge in [0.1, 0.15) is 18.3 Å². The zero-order valence-corrected chi connectivity index (χ0v) is 24.1. The minimum atomic E-state index is -0.539. The van der Waals surface area contributed by atoms with Crippen LogP contribution in [0.25, 0.3) is 6.08 Å². The Bertz CT molecular complexity index is 1120. The highest BCUT2D eigenvalue weighted by molar-refractivity contribution is 5.87. The molecule has 3 saturated heterocycles. The van der Waals surface area contributed by atoms with Gasteiger partial charge in [-0.25, -0.2) is 4.79 Å². The molecule has 0 unspecified atom stereocenters. The van der Waals surface area contributed by atoms with Gasteiger partial charge in [0.2, 0.25) is 0 Å². The van der Waals surface area contributed by atoms with Crippen molar-refractivity contribution in [2.24, 2.45) is 34.5 Å². The predicted octanol–water partition coefficient (Wildman–Crippen LogP) is 4.75. The molecule has 1 aromatic rings. The molecule has 8 heteroatoms. The molecule has 0 amide bonds. The van der Waals surface area contributed by atoms with E-state index in [9.17, 15) is 9.59 Å². The van der Waals surface area contributed by atoms with Gasteiger partial charge in [-0.05, 0) is 37.3 Å². The number of hydrogen-bond acceptors (Lipinski definition) is 8. The maximum Gasteiger partial charge on any atom is 0.331 e. The van der Waals surface area contributed by atoms with Crippen LogP contribution in [-0.4, -0.2) is 62.7 Å². The van der Waals surface area contributed by atoms with Crippen molar-refractivity contribution < 1.29 is 38.0 Å². The van der Waals surface area contributed by atoms with Crippen molar-refractivity contribution >= 4 is 18.0 Å². The molecular formula is C32H42O8. The summed E-state index contributed by atoms with van der Waals surface area (Å²) in [7, 11) is 1.67. The first-order chi connectivity index (χ1) is 19.2. The van der Waals surface area contributed by atoms with Gasteiger partial charge in [-0.2, -0.15) is 0 Å². The van der Waals surface area contributed by atoms with Gasteiger partial charge in [-0.1, -0.05) is 51.1 Å². The third-order valence-corrected chi connectivity index (χ3v) is 10.9. The Morgan fingerprint density at radius 3 is 2.50 bits per heavy atom. The van der Waals surface area contributed by atoms with Crippen LogP contribution in [0.5, 0.6) is 0 Å². The molecule has 3 heterocycles. The molecule has 12 atom stereocenters. The smallest absolute Gasteiger partial charge is 0.331 e. The van der Waals surface area contributed by atoms with Gasteiger partial charge < -0.3 is 28.4 Å². The van der Waals surface area contributed by atoms with E-state index in [0.717, 1.165) is 31.2 Å². The van der Waals surface area contributed by atoms with Gasteiger partial charge in [-0.3, -0.25) is 4.79 Å². The van der Waals surface area contributed by atoms with Crippen LogP contribution < -0.4 is 0 Å². The highest BCUT2D eigenvalue weighted by atomic mass is 16.7. The Labute approximate surface area is 236 Å². The fraction of sp³-hybridized carbons (Fsp3) is 0.688. The van der Waals surface area contributed by atoms with Crippen molar-refractivity contribution in [3.63, 3.8) is 0 Å². The second kappa shape index (κ2) is 10.5. The molecule has 0 bridgehead atoms. The molecule has 5 aliphatic rings. The molecule has 0 spiro atoms. The zero-order valence-electron chi connectivity index (χ0n) is 24.1. The molecule has 2 saturated carbocycles. The van der Waals surface area contributed by atoms with Crippen LogP contribution in [0.1, 0.15) is 58.9 Å². The number of rotatable bonds is 6. The topological polar surface area (TPSA) is 89.5 Å². The molecule has 8 nitrogen and oxygen atoms in total. The fourth-order valence-electron chi connectivity index (χ4n) is 9.06. The summed E-state index contributed by atoms with van der Waals surface area (Å²) in [6, 6.07) is 9.69. The third kappa shape index (κ3) is 4.34. The van der Waals surface area contributed by atoms with Gasteiger partial charge in [0.05, 0.1) is 12.7 Å². The normalized spacial score (nSPS) is 45.7. The molecule has 3 aliphatic heterocycles. The van der Waals surface area contributed by atoms with E-state index < -0.39 is 35.3 Å². The van der Waals surface area contributed by atoms with Crippen molar-refractivity contribution in [1.29, 1.82) is 0 Å². The number of methoxy groups -OCH3 is 1. The summed E-state index contributed by atoms with van der Waals surface area (Å²) in [4.78, 5) is 25.7. The Morgan fingerprint density at radius 1 is 1.02 bits per heavy atom. The van der Waals surface area contributed by atoms with Gasteiger partial charge in [-0.15, -0.1) is 0 Å². The van der Waals surface area contributed by atoms with E-state index in [1.54, 1.807) is 13.2 Å². The Morgan fingerprint density at radius 2 is 1.80 bits per heavy atom. The average Bonchev–Trinajstić information content (AvgIpc) is 3.62. The SMILES string of the molecule is CO[C@@H]1O[C@H]2[C@H](OC(=O)C=Cc3ccccc3)[C@@H](C)[C@](C)([C@@H]3C[C@H]4CCO[C@H]4O3)[C@H]3[C@H](OC(C)=O)CC[C@@H]1[C@@]32C. The second-order valence-corrected chi connectivity index (χ2v) is 12.8. The number of hydrogen-bond donors (Lipinski definition) is 0. The van der Waals surface area contributed by atoms with Crippen LogP contribution in [0.2, 0.25) is 0 Å². The van der Waals surface area contributed by atoms with Crippen LogP contribution in [0.3, 0.4) is 0 Å². The second-order valence-electron chi connectivity index (χ2n) is 12.8. The molecule has 40 heavy (non-hydrogen) atoms. The Kier molecular flexibility index (Phi) is 7.35. The van der Waals surface area contributed by atoms with Crippen LogP contribution in [0.15, 0.2) is 36.4 Å². The first kappa shape index (κ1) is 27.9. The van der Waals surface area contributed by atoms with Crippen molar-refractivity contribution in [3.8, 4) is 0 Å². The minimum Gasteiger partial charge on any atom is -0.462 e. The lowest BCUT2D eigenvalue weighted by Crippen LogP contribution is -2.70. The van der Waals surface area contributed by atoms with Crippen LogP contribution in [-0.2, 0) is 38.0 Å². The summed E-state index contributed by atoms with van der Waals surface area (Å²) in [6.45, 7) is 8.79. The summed E-state index contributed by atoms with van der Waals surface area (Å²) in [5.74, 6) is -0.530. The third-order valence-electron chi connectivity index (χ3n) is 10.9. The lowest BCUT2D eigenvalue weighted by atomic mass is 9.42. The summed E-state index contributed by atoms with van der Waals surface area (Å²) < 4.78 is 37.5. The summed E-state index contributed by atoms with van der Waals surface area (Å²) in [5, 5.41) is 0. The Hall–Kier alpha value is -2.26. The van der Waals surface area contributed by atoms with E-state index in [2.05, 4.69) is 20.8 Å². The highest BCUT2D eigenvalue weighted by Gasteiger charge is 2.75. The molecule has 0 aromatic heterocycles. The van der Waals surface area contributed by atoms with E-state index in [1.807, 2.05) is 30.3 Å². The lowest BCUT2D eigenvalue weighted by Gasteiger charge is -2.64. The summed E-state index contributed by atoms with van der Waals surface area (Å²) >= 11 is 0. The van der Waals surface area contributed by atoms with Gasteiger partial charge >= 0.3 is 11.9 Å². The van der Waals surface area contributed by atoms with E-state index >= 15 is 0 Å². The van der Waals surface area contributed by atoms with Crippen molar-refractivity contribution in [1.82, 2.24) is 0 Å². The first-order valence-corrected chi connectivity index (χ1v) is 14.7. The minimum absolute atomic E-state index is 0.0596. The van der Waals surface area contributed by atoms with Crippen LogP contribution >= 0.6 is 0 Å². The fourth-order valence-corrected chi connectivity index (χ4v) is 9.06. The van der Waals surface area contributed by atoms with Crippen molar-refractivity contribution in [2.75, 3.05) is 13.7 Å². The maximum atomic E-state index is 13.3. The molecular weight excluding hydrogens is 512 g/mol. The average molecular weight is 555 g/mol. The number of benzene rings is 1. The predicted molar refractivity (Wildman–Crippen MR) is 146 cm³/mol. The maximum absolute atomic E-state index is 13.3. The van der Waals surface area contributed by atoms with E-state index in [-0.39, 0.29) is 42.2 Å². The van der Waals surface area contributed by atoms with E-state index in [1.165, 1.54) is 13.0 Å². The number of esters is 2. The molecule has 5 fully saturated rings. The van der Waals surface area contributed by atoms with E-state index in [0.29, 0.717) is 12.5 Å². The first-order valence-electron chi connectivity index (χ1n) is 14.7. The van der Waals surface area contributed by atoms with Gasteiger partial charge in [0.25, 0.3) is 0 Å². The number of carbonyl (C=O) groups is 2. The molecule has 0 radical (unpaired) electrons. The van der Waals surface area contributed by atoms with Crippen LogP contribution in [0.4, 0.5) is 0 Å².